The lowest BCUT2D eigenvalue weighted by Gasteiger charge is -2.04. The number of carbonyl (C=O) groups is 1. The molecule has 88 valence electrons. The van der Waals surface area contributed by atoms with Gasteiger partial charge in [-0.15, -0.1) is 0 Å². The Labute approximate surface area is 98.8 Å². The van der Waals surface area contributed by atoms with Gasteiger partial charge in [-0.1, -0.05) is 0 Å². The van der Waals surface area contributed by atoms with Gasteiger partial charge in [-0.25, -0.2) is 4.98 Å². The van der Waals surface area contributed by atoms with Crippen molar-refractivity contribution < 1.29 is 9.90 Å². The van der Waals surface area contributed by atoms with Crippen LogP contribution in [0.3, 0.4) is 0 Å². The third-order valence-electron chi connectivity index (χ3n) is 2.60. The summed E-state index contributed by atoms with van der Waals surface area (Å²) in [6.45, 7) is 0. The summed E-state index contributed by atoms with van der Waals surface area (Å²) in [6, 6.07) is 3.81. The molecule has 0 saturated heterocycles. The lowest BCUT2D eigenvalue weighted by molar-refractivity contribution is -0.137. The molecule has 0 aliphatic heterocycles. The van der Waals surface area contributed by atoms with E-state index in [-0.39, 0.29) is 6.42 Å². The van der Waals surface area contributed by atoms with Gasteiger partial charge in [0.05, 0.1) is 18.3 Å². The van der Waals surface area contributed by atoms with Crippen LogP contribution in [-0.2, 0) is 18.3 Å². The number of carboxylic acids is 1. The Kier molecular flexibility index (Phi) is 3.18. The standard InChI is InChI=1S/C12H13N3O2/c1-15-10(9-3-2-6-13-7-9)8-14-11(15)4-5-12(16)17/h2-3,6-8H,4-5H2,1H3,(H,16,17). The van der Waals surface area contributed by atoms with Gasteiger partial charge in [-0.3, -0.25) is 9.78 Å². The van der Waals surface area contributed by atoms with Crippen molar-refractivity contribution in [1.82, 2.24) is 14.5 Å². The molecule has 2 aromatic heterocycles. The Morgan fingerprint density at radius 2 is 2.29 bits per heavy atom. The van der Waals surface area contributed by atoms with E-state index in [1.165, 1.54) is 0 Å². The molecule has 1 N–H and O–H groups in total. The maximum atomic E-state index is 10.5. The molecule has 2 rings (SSSR count). The fraction of sp³-hybridized carbons (Fsp3) is 0.250. The summed E-state index contributed by atoms with van der Waals surface area (Å²) in [7, 11) is 1.88. The third-order valence-corrected chi connectivity index (χ3v) is 2.60. The molecule has 0 amide bonds. The van der Waals surface area contributed by atoms with Crippen molar-refractivity contribution in [2.75, 3.05) is 0 Å². The van der Waals surface area contributed by atoms with Gasteiger partial charge in [-0.05, 0) is 12.1 Å². The van der Waals surface area contributed by atoms with E-state index in [1.807, 2.05) is 23.7 Å². The maximum Gasteiger partial charge on any atom is 0.303 e. The first-order valence-electron chi connectivity index (χ1n) is 5.31. The van der Waals surface area contributed by atoms with Crippen LogP contribution >= 0.6 is 0 Å². The van der Waals surface area contributed by atoms with Crippen LogP contribution in [-0.4, -0.2) is 25.6 Å². The molecule has 2 aromatic rings. The molecule has 0 spiro atoms. The second-order valence-electron chi connectivity index (χ2n) is 3.75. The number of aromatic nitrogens is 3. The molecule has 0 aliphatic carbocycles. The predicted molar refractivity (Wildman–Crippen MR) is 62.4 cm³/mol. The Bertz CT molecular complexity index is 520. The molecule has 5 nitrogen and oxygen atoms in total. The van der Waals surface area contributed by atoms with Crippen molar-refractivity contribution in [3.05, 3.63) is 36.5 Å². The summed E-state index contributed by atoms with van der Waals surface area (Å²) in [5.41, 5.74) is 1.92. The van der Waals surface area contributed by atoms with Crippen molar-refractivity contribution in [3.8, 4) is 11.3 Å². The van der Waals surface area contributed by atoms with E-state index in [1.54, 1.807) is 18.6 Å². The molecule has 0 unspecified atom stereocenters. The zero-order valence-electron chi connectivity index (χ0n) is 9.50. The number of hydrogen-bond acceptors (Lipinski definition) is 3. The number of imidazole rings is 1. The molecule has 0 aromatic carbocycles. The highest BCUT2D eigenvalue weighted by atomic mass is 16.4. The predicted octanol–water partition coefficient (Wildman–Crippen LogP) is 1.50. The van der Waals surface area contributed by atoms with Crippen LogP contribution in [0.15, 0.2) is 30.7 Å². The number of aliphatic carboxylic acids is 1. The fourth-order valence-corrected chi connectivity index (χ4v) is 1.68. The van der Waals surface area contributed by atoms with Gasteiger partial charge in [0, 0.05) is 31.4 Å². The summed E-state index contributed by atoms with van der Waals surface area (Å²) in [5, 5.41) is 8.64. The second-order valence-corrected chi connectivity index (χ2v) is 3.75. The van der Waals surface area contributed by atoms with Crippen LogP contribution in [0.4, 0.5) is 0 Å². The van der Waals surface area contributed by atoms with Crippen molar-refractivity contribution >= 4 is 5.97 Å². The van der Waals surface area contributed by atoms with E-state index in [2.05, 4.69) is 9.97 Å². The lowest BCUT2D eigenvalue weighted by Crippen LogP contribution is -2.04. The van der Waals surface area contributed by atoms with Crippen LogP contribution in [0, 0.1) is 0 Å². The SMILES string of the molecule is Cn1c(-c2cccnc2)cnc1CCC(=O)O. The molecule has 0 aliphatic rings. The van der Waals surface area contributed by atoms with E-state index >= 15 is 0 Å². The van der Waals surface area contributed by atoms with Gasteiger partial charge in [-0.2, -0.15) is 0 Å². The second kappa shape index (κ2) is 4.78. The highest BCUT2D eigenvalue weighted by molar-refractivity contribution is 5.67. The molecule has 17 heavy (non-hydrogen) atoms. The first-order chi connectivity index (χ1) is 8.18. The van der Waals surface area contributed by atoms with Gasteiger partial charge >= 0.3 is 5.97 Å². The van der Waals surface area contributed by atoms with Crippen LogP contribution in [0.25, 0.3) is 11.3 Å². The molecule has 2 heterocycles. The Morgan fingerprint density at radius 3 is 2.94 bits per heavy atom. The average Bonchev–Trinajstić information content (AvgIpc) is 2.69. The number of nitrogens with zero attached hydrogens (tertiary/aromatic N) is 3. The summed E-state index contributed by atoms with van der Waals surface area (Å²) in [5.74, 6) is -0.0396. The monoisotopic (exact) mass is 231 g/mol. The number of aryl methyl sites for hydroxylation is 1. The molecule has 0 atom stereocenters. The minimum atomic E-state index is -0.809. The maximum absolute atomic E-state index is 10.5. The summed E-state index contributed by atoms with van der Waals surface area (Å²) in [4.78, 5) is 18.8. The minimum Gasteiger partial charge on any atom is -0.481 e. The summed E-state index contributed by atoms with van der Waals surface area (Å²) >= 11 is 0. The lowest BCUT2D eigenvalue weighted by atomic mass is 10.2. The van der Waals surface area contributed by atoms with E-state index < -0.39 is 5.97 Å². The van der Waals surface area contributed by atoms with Crippen LogP contribution < -0.4 is 0 Å². The van der Waals surface area contributed by atoms with E-state index in [0.717, 1.165) is 17.1 Å². The van der Waals surface area contributed by atoms with Gasteiger partial charge in [0.1, 0.15) is 5.82 Å². The first kappa shape index (κ1) is 11.3. The summed E-state index contributed by atoms with van der Waals surface area (Å²) < 4.78 is 1.90. The molecule has 0 saturated carbocycles. The van der Waals surface area contributed by atoms with Gasteiger partial charge in [0.25, 0.3) is 0 Å². The molecule has 5 heteroatoms. The smallest absolute Gasteiger partial charge is 0.303 e. The zero-order valence-corrected chi connectivity index (χ0v) is 9.50. The highest BCUT2D eigenvalue weighted by Crippen LogP contribution is 2.18. The van der Waals surface area contributed by atoms with Crippen LogP contribution in [0.2, 0.25) is 0 Å². The zero-order chi connectivity index (χ0) is 12.3. The molecular formula is C12H13N3O2. The van der Waals surface area contributed by atoms with E-state index in [4.69, 9.17) is 5.11 Å². The van der Waals surface area contributed by atoms with Crippen LogP contribution in [0.5, 0.6) is 0 Å². The number of carboxylic acid groups (broad SMARTS) is 1. The first-order valence-corrected chi connectivity index (χ1v) is 5.31. The van der Waals surface area contributed by atoms with Crippen LogP contribution in [0.1, 0.15) is 12.2 Å². The normalized spacial score (nSPS) is 10.4. The van der Waals surface area contributed by atoms with Gasteiger partial charge in [0.15, 0.2) is 0 Å². The Balaban J connectivity index is 2.24. The van der Waals surface area contributed by atoms with E-state index in [0.29, 0.717) is 6.42 Å². The average molecular weight is 231 g/mol. The molecule has 0 radical (unpaired) electrons. The van der Waals surface area contributed by atoms with Gasteiger partial charge < -0.3 is 9.67 Å². The topological polar surface area (TPSA) is 68.0 Å². The van der Waals surface area contributed by atoms with Crippen molar-refractivity contribution in [3.63, 3.8) is 0 Å². The number of pyridine rings is 1. The molecule has 0 bridgehead atoms. The fourth-order valence-electron chi connectivity index (χ4n) is 1.68. The van der Waals surface area contributed by atoms with Crippen molar-refractivity contribution in [2.45, 2.75) is 12.8 Å². The van der Waals surface area contributed by atoms with Gasteiger partial charge in [0.2, 0.25) is 0 Å². The minimum absolute atomic E-state index is 0.0946. The Hall–Kier alpha value is -2.17. The highest BCUT2D eigenvalue weighted by Gasteiger charge is 2.09. The molecule has 0 fully saturated rings. The number of hydrogen-bond donors (Lipinski definition) is 1. The van der Waals surface area contributed by atoms with Crippen molar-refractivity contribution in [2.24, 2.45) is 7.05 Å². The molecular weight excluding hydrogens is 218 g/mol. The Morgan fingerprint density at radius 1 is 1.47 bits per heavy atom. The third kappa shape index (κ3) is 2.50. The van der Waals surface area contributed by atoms with Crippen molar-refractivity contribution in [1.29, 1.82) is 0 Å². The van der Waals surface area contributed by atoms with E-state index in [9.17, 15) is 4.79 Å². The number of rotatable bonds is 4. The quantitative estimate of drug-likeness (QED) is 0.865. The summed E-state index contributed by atoms with van der Waals surface area (Å²) in [6.07, 6.45) is 5.75. The largest absolute Gasteiger partial charge is 0.481 e.